The summed E-state index contributed by atoms with van der Waals surface area (Å²) in [5, 5.41) is 20.8. The van der Waals surface area contributed by atoms with Gasteiger partial charge in [0.2, 0.25) is 0 Å². The van der Waals surface area contributed by atoms with Gasteiger partial charge in [0.25, 0.3) is 0 Å². The summed E-state index contributed by atoms with van der Waals surface area (Å²) in [7, 11) is 0. The van der Waals surface area contributed by atoms with E-state index in [4.69, 9.17) is 42.6 Å². The van der Waals surface area contributed by atoms with Crippen LogP contribution in [0.2, 0.25) is 0 Å². The Labute approximate surface area is 395 Å². The van der Waals surface area contributed by atoms with E-state index in [1.165, 1.54) is 12.8 Å². The van der Waals surface area contributed by atoms with Crippen LogP contribution in [-0.2, 0) is 53.1 Å². The Morgan fingerprint density at radius 2 is 0.984 bits per heavy atom. The number of halogens is 1. The molecule has 6 aliphatic heterocycles. The molecule has 354 valence electrons. The third kappa shape index (κ3) is 15.0. The maximum absolute atomic E-state index is 10.9. The van der Waals surface area contributed by atoms with Gasteiger partial charge in [-0.25, -0.2) is 4.68 Å². The molecule has 0 radical (unpaired) electrons. The van der Waals surface area contributed by atoms with E-state index in [9.17, 15) is 4.79 Å². The molecule has 0 aromatic carbocycles. The topological polar surface area (TPSA) is 191 Å². The van der Waals surface area contributed by atoms with Crippen LogP contribution in [-0.4, -0.2) is 210 Å². The Morgan fingerprint density at radius 3 is 1.37 bits per heavy atom. The molecule has 0 bridgehead atoms. The summed E-state index contributed by atoms with van der Waals surface area (Å²) in [6.45, 7) is 17.9. The van der Waals surface area contributed by atoms with Gasteiger partial charge < -0.3 is 67.8 Å². The summed E-state index contributed by atoms with van der Waals surface area (Å²) in [6, 6.07) is 0. The minimum atomic E-state index is -0.367. The van der Waals surface area contributed by atoms with E-state index >= 15 is 0 Å². The summed E-state index contributed by atoms with van der Waals surface area (Å²) in [5.74, 6) is -0.606. The van der Waals surface area contributed by atoms with Gasteiger partial charge in [0, 0.05) is 102 Å². The number of morpholine rings is 3. The van der Waals surface area contributed by atoms with Crippen LogP contribution in [0.25, 0.3) is 0 Å². The average Bonchev–Trinajstić information content (AvgIpc) is 4.19. The normalized spacial score (nSPS) is 28.2. The van der Waals surface area contributed by atoms with Crippen LogP contribution in [0.15, 0.2) is 24.8 Å². The van der Waals surface area contributed by atoms with Gasteiger partial charge in [-0.1, -0.05) is 5.21 Å². The fourth-order valence-electron chi connectivity index (χ4n) is 9.67. The van der Waals surface area contributed by atoms with Crippen LogP contribution < -0.4 is 17.7 Å². The summed E-state index contributed by atoms with van der Waals surface area (Å²) in [5.41, 5.74) is 0.213. The predicted molar refractivity (Wildman–Crippen MR) is 228 cm³/mol. The van der Waals surface area contributed by atoms with E-state index in [1.54, 1.807) is 18.6 Å². The SMILES string of the molecule is C1COCCN1.CC1(N2CCOCC2)CCC2(CC1)OCCO2.O=C1CCC2(CC1)OCCO2.[CH3-].[Cl-].[Mg+2].c1cn(C2(N3CCOCC3)CCC3(CC2)OCCO3)nn1.c1cn[nH]n1. The monoisotopic (exact) mass is 921 g/mol. The number of aromatic amines is 1. The number of carbonyl (C=O) groups excluding carboxylic acids is 1. The van der Waals surface area contributed by atoms with E-state index in [-0.39, 0.29) is 65.9 Å². The molecular formula is C42H72ClMgN9O10. The zero-order valence-electron chi connectivity index (χ0n) is 37.8. The van der Waals surface area contributed by atoms with E-state index in [2.05, 4.69) is 47.8 Å². The van der Waals surface area contributed by atoms with Gasteiger partial charge in [-0.2, -0.15) is 15.4 Å². The number of H-pyrrole nitrogens is 1. The maximum atomic E-state index is 10.9. The van der Waals surface area contributed by atoms with Crippen molar-refractivity contribution in [3.63, 3.8) is 0 Å². The van der Waals surface area contributed by atoms with Crippen molar-refractivity contribution >= 4 is 28.8 Å². The second kappa shape index (κ2) is 26.8. The Kier molecular flexibility index (Phi) is 23.0. The Balaban J connectivity index is 0.000000186. The van der Waals surface area contributed by atoms with Crippen molar-refractivity contribution in [1.29, 1.82) is 0 Å². The van der Waals surface area contributed by atoms with Gasteiger partial charge >= 0.3 is 23.1 Å². The molecule has 63 heavy (non-hydrogen) atoms. The fraction of sp³-hybridized carbons (Fsp3) is 0.857. The molecule has 8 heterocycles. The third-order valence-electron chi connectivity index (χ3n) is 13.3. The number of hydrogen-bond acceptors (Lipinski definition) is 17. The van der Waals surface area contributed by atoms with Crippen molar-refractivity contribution < 1.29 is 59.8 Å². The Bertz CT molecular complexity index is 1440. The van der Waals surface area contributed by atoms with Crippen molar-refractivity contribution in [2.45, 2.75) is 113 Å². The summed E-state index contributed by atoms with van der Waals surface area (Å²) < 4.78 is 52.2. The van der Waals surface area contributed by atoms with Crippen LogP contribution in [0.3, 0.4) is 0 Å². The molecule has 21 heteroatoms. The first-order chi connectivity index (χ1) is 29.4. The van der Waals surface area contributed by atoms with E-state index in [0.29, 0.717) is 50.6 Å². The molecular weight excluding hydrogens is 850 g/mol. The molecule has 3 spiro atoms. The van der Waals surface area contributed by atoms with Gasteiger partial charge in [0.15, 0.2) is 17.4 Å². The van der Waals surface area contributed by atoms with Gasteiger partial charge in [-0.05, 0) is 32.6 Å². The number of rotatable bonds is 3. The molecule has 0 atom stereocenters. The molecule has 0 amide bonds. The van der Waals surface area contributed by atoms with Crippen LogP contribution in [0.1, 0.15) is 84.0 Å². The number of ketones is 1. The Morgan fingerprint density at radius 1 is 0.556 bits per heavy atom. The van der Waals surface area contributed by atoms with Gasteiger partial charge in [0.1, 0.15) is 11.4 Å². The largest absolute Gasteiger partial charge is 2.00 e. The second-order valence-corrected chi connectivity index (χ2v) is 16.9. The molecule has 11 rings (SSSR count). The van der Waals surface area contributed by atoms with E-state index < -0.39 is 0 Å². The molecule has 0 unspecified atom stereocenters. The Hall–Kier alpha value is -1.47. The number of carbonyl (C=O) groups is 1. The van der Waals surface area contributed by atoms with Crippen molar-refractivity contribution in [2.24, 2.45) is 0 Å². The number of hydrogen-bond donors (Lipinski definition) is 2. The third-order valence-corrected chi connectivity index (χ3v) is 13.3. The first-order valence-corrected chi connectivity index (χ1v) is 22.3. The van der Waals surface area contributed by atoms with Crippen molar-refractivity contribution in [2.75, 3.05) is 119 Å². The number of aromatic nitrogens is 6. The first-order valence-electron chi connectivity index (χ1n) is 22.3. The number of nitrogens with zero attached hydrogens (tertiary/aromatic N) is 7. The number of ether oxygens (including phenoxy) is 9. The smallest absolute Gasteiger partial charge is 1.00 e. The number of nitrogens with one attached hydrogen (secondary N) is 2. The minimum absolute atomic E-state index is 0. The van der Waals surface area contributed by atoms with Gasteiger partial charge in [0.05, 0.1) is 97.9 Å². The van der Waals surface area contributed by atoms with Crippen molar-refractivity contribution in [3.8, 4) is 0 Å². The molecule has 6 saturated heterocycles. The van der Waals surface area contributed by atoms with Crippen LogP contribution in [0.4, 0.5) is 0 Å². The fourth-order valence-corrected chi connectivity index (χ4v) is 9.67. The van der Waals surface area contributed by atoms with Crippen molar-refractivity contribution in [3.05, 3.63) is 32.2 Å². The molecule has 2 aromatic heterocycles. The molecule has 2 N–H and O–H groups in total. The molecule has 9 aliphatic rings. The van der Waals surface area contributed by atoms with E-state index in [1.807, 2.05) is 10.9 Å². The number of Topliss-reactive ketones (excluding diaryl/α,β-unsaturated/α-hetero) is 1. The summed E-state index contributed by atoms with van der Waals surface area (Å²) in [4.78, 5) is 16.0. The standard InChI is InChI=1S/C14H22N4O3.C13H23NO3.C8H12O3.C4H9NO.C2H3N3.CH3.ClH.Mg/c1-3-14(20-11-12-21-14)4-2-13(1,18-6-5-15-16-18)17-7-9-19-10-8-17;1-12(14-6-8-15-9-7-14)2-4-13(5-3-12)16-10-11-17-13;9-7-1-3-8(4-2-7)10-5-6-11-8;1-3-6-4-2-5-1;1-2-4-5-3-1;;;/h5-6H,1-4,7-12H2;2-11H2,1H3;1-6H2;5H,1-4H2;1-2H,(H,3,4,5);1H3;1H;/q;;;;;-1;;+2/p-1. The van der Waals surface area contributed by atoms with Crippen molar-refractivity contribution in [1.82, 2.24) is 45.5 Å². The zero-order chi connectivity index (χ0) is 41.5. The summed E-state index contributed by atoms with van der Waals surface area (Å²) >= 11 is 0. The average molecular weight is 923 g/mol. The first kappa shape index (κ1) is 54.1. The molecule has 9 fully saturated rings. The second-order valence-electron chi connectivity index (χ2n) is 16.9. The zero-order valence-corrected chi connectivity index (χ0v) is 40.0. The van der Waals surface area contributed by atoms with Crippen LogP contribution in [0, 0.1) is 7.43 Å². The maximum Gasteiger partial charge on any atom is 2.00 e. The predicted octanol–water partition coefficient (Wildman–Crippen LogP) is -0.668. The van der Waals surface area contributed by atoms with Crippen LogP contribution in [0.5, 0.6) is 0 Å². The quantitative estimate of drug-likeness (QED) is 0.291. The summed E-state index contributed by atoms with van der Waals surface area (Å²) in [6.07, 6.45) is 17.8. The molecule has 2 aromatic rings. The molecule has 3 aliphatic carbocycles. The molecule has 3 saturated carbocycles. The van der Waals surface area contributed by atoms with Gasteiger partial charge in [-0.3, -0.25) is 14.6 Å². The van der Waals surface area contributed by atoms with E-state index in [0.717, 1.165) is 143 Å². The van der Waals surface area contributed by atoms with Gasteiger partial charge in [-0.15, -0.1) is 5.10 Å². The molecule has 19 nitrogen and oxygen atoms in total. The van der Waals surface area contributed by atoms with Crippen LogP contribution >= 0.6 is 0 Å². The minimum Gasteiger partial charge on any atom is -1.00 e.